The van der Waals surface area contributed by atoms with Crippen LogP contribution in [0.2, 0.25) is 0 Å². The molecule has 0 unspecified atom stereocenters. The first kappa shape index (κ1) is 34.6. The van der Waals surface area contributed by atoms with Crippen LogP contribution in [0.25, 0.3) is 10.2 Å². The van der Waals surface area contributed by atoms with Gasteiger partial charge in [0.05, 0.1) is 45.5 Å². The van der Waals surface area contributed by atoms with Gasteiger partial charge in [0.1, 0.15) is 6.10 Å². The third kappa shape index (κ3) is 7.62. The third-order valence-corrected chi connectivity index (χ3v) is 9.83. The van der Waals surface area contributed by atoms with Gasteiger partial charge in [0.2, 0.25) is 0 Å². The molecule has 5 N–H and O–H groups in total. The maximum atomic E-state index is 13.9. The molecule has 258 valence electrons. The lowest BCUT2D eigenvalue weighted by Gasteiger charge is -2.38. The van der Waals surface area contributed by atoms with Crippen molar-refractivity contribution in [2.24, 2.45) is 5.92 Å². The summed E-state index contributed by atoms with van der Waals surface area (Å²) in [7, 11) is 1.98. The Balaban J connectivity index is 1.21. The van der Waals surface area contributed by atoms with Gasteiger partial charge in [-0.25, -0.2) is 4.98 Å². The third-order valence-electron chi connectivity index (χ3n) is 8.80. The van der Waals surface area contributed by atoms with Crippen molar-refractivity contribution in [3.05, 3.63) is 113 Å². The topological polar surface area (TPSA) is 150 Å². The second-order valence-electron chi connectivity index (χ2n) is 12.7. The minimum Gasteiger partial charge on any atom is -0.486 e. The number of likely N-dealkylation sites (N-methyl/N-ethyl adjacent to an activating group) is 1. The number of nitrogens with two attached hydrogens (primary N) is 1. The van der Waals surface area contributed by atoms with E-state index in [1.807, 2.05) is 69.4 Å². The summed E-state index contributed by atoms with van der Waals surface area (Å²) in [6.45, 7) is 5.06. The van der Waals surface area contributed by atoms with Crippen molar-refractivity contribution in [3.8, 4) is 5.75 Å². The highest BCUT2D eigenvalue weighted by atomic mass is 32.1. The Labute approximate surface area is 294 Å². The highest BCUT2D eigenvalue weighted by Crippen LogP contribution is 2.36. The van der Waals surface area contributed by atoms with Crippen LogP contribution in [0, 0.1) is 5.92 Å². The number of ether oxygens (including phenoxy) is 1. The molecule has 6 rings (SSSR count). The Kier molecular flexibility index (Phi) is 10.4. The zero-order valence-electron chi connectivity index (χ0n) is 28.1. The van der Waals surface area contributed by atoms with Gasteiger partial charge in [-0.2, -0.15) is 0 Å². The number of carbonyl (C=O) groups excluding carboxylic acids is 3. The molecule has 1 aliphatic heterocycles. The van der Waals surface area contributed by atoms with E-state index in [1.54, 1.807) is 47.4 Å². The Hall–Kier alpha value is -5.30. The molecular weight excluding hydrogens is 653 g/mol. The highest BCUT2D eigenvalue weighted by molar-refractivity contribution is 7.20. The van der Waals surface area contributed by atoms with Gasteiger partial charge in [-0.1, -0.05) is 49.4 Å². The maximum Gasteiger partial charge on any atom is 0.284 e. The zero-order valence-corrected chi connectivity index (χ0v) is 28.9. The van der Waals surface area contributed by atoms with Crippen LogP contribution in [-0.2, 0) is 6.54 Å². The second kappa shape index (κ2) is 15.1. The van der Waals surface area contributed by atoms with Crippen molar-refractivity contribution >= 4 is 56.3 Å². The van der Waals surface area contributed by atoms with Crippen LogP contribution in [0.4, 0.5) is 17.1 Å². The van der Waals surface area contributed by atoms with Crippen LogP contribution < -0.4 is 21.1 Å². The van der Waals surface area contributed by atoms with Gasteiger partial charge in [-0.3, -0.25) is 19.3 Å². The maximum absolute atomic E-state index is 13.9. The van der Waals surface area contributed by atoms with E-state index in [0.717, 1.165) is 15.8 Å². The molecule has 1 aliphatic rings. The van der Waals surface area contributed by atoms with Gasteiger partial charge in [0.25, 0.3) is 17.7 Å². The first-order valence-electron chi connectivity index (χ1n) is 16.4. The Morgan fingerprint density at radius 1 is 1.00 bits per heavy atom. The SMILES string of the molecule is C[C@@H]1CN([C@H](C)CO)C(=O)c2cccc(NC(=O)c3nc4ccccc4s3)c2O[C@H]1CN(C)Cc1ccc(C(=O)Nc2ccccc2N)cc1. The summed E-state index contributed by atoms with van der Waals surface area (Å²) in [5, 5.41) is 16.1. The number of carbonyl (C=O) groups is 3. The molecule has 3 amide bonds. The van der Waals surface area contributed by atoms with Crippen molar-refractivity contribution in [2.45, 2.75) is 32.5 Å². The number of para-hydroxylation sites is 4. The smallest absolute Gasteiger partial charge is 0.284 e. The number of aromatic nitrogens is 1. The summed E-state index contributed by atoms with van der Waals surface area (Å²) in [6, 6.07) is 26.7. The van der Waals surface area contributed by atoms with E-state index in [2.05, 4.69) is 20.5 Å². The fourth-order valence-corrected chi connectivity index (χ4v) is 6.82. The van der Waals surface area contributed by atoms with Gasteiger partial charge in [0.15, 0.2) is 10.8 Å². The predicted molar refractivity (Wildman–Crippen MR) is 197 cm³/mol. The van der Waals surface area contributed by atoms with Crippen LogP contribution in [0.15, 0.2) is 91.0 Å². The number of aliphatic hydroxyl groups excluding tert-OH is 1. The van der Waals surface area contributed by atoms with Crippen molar-refractivity contribution in [1.82, 2.24) is 14.8 Å². The summed E-state index contributed by atoms with van der Waals surface area (Å²) in [6.07, 6.45) is -0.387. The minimum atomic E-state index is -0.427. The van der Waals surface area contributed by atoms with Crippen molar-refractivity contribution in [3.63, 3.8) is 0 Å². The lowest BCUT2D eigenvalue weighted by atomic mass is 9.98. The molecule has 2 heterocycles. The highest BCUT2D eigenvalue weighted by Gasteiger charge is 2.35. The van der Waals surface area contributed by atoms with E-state index in [0.29, 0.717) is 52.8 Å². The van der Waals surface area contributed by atoms with E-state index < -0.39 is 11.9 Å². The molecule has 0 fully saturated rings. The summed E-state index contributed by atoms with van der Waals surface area (Å²) >= 11 is 1.29. The second-order valence-corrected chi connectivity index (χ2v) is 13.7. The number of hydrogen-bond acceptors (Lipinski definition) is 9. The normalized spacial score (nSPS) is 16.7. The van der Waals surface area contributed by atoms with Gasteiger partial charge in [0, 0.05) is 31.1 Å². The first-order valence-corrected chi connectivity index (χ1v) is 17.2. The van der Waals surface area contributed by atoms with E-state index in [9.17, 15) is 19.5 Å². The molecule has 1 aromatic heterocycles. The lowest BCUT2D eigenvalue weighted by Crippen LogP contribution is -2.49. The van der Waals surface area contributed by atoms with Crippen LogP contribution >= 0.6 is 11.3 Å². The largest absolute Gasteiger partial charge is 0.486 e. The summed E-state index contributed by atoms with van der Waals surface area (Å²) in [5.41, 5.74) is 9.94. The fourth-order valence-electron chi connectivity index (χ4n) is 5.96. The number of aliphatic hydroxyl groups is 1. The lowest BCUT2D eigenvalue weighted by molar-refractivity contribution is 0.0343. The Bertz CT molecular complexity index is 1980. The molecule has 0 saturated heterocycles. The molecule has 0 saturated carbocycles. The summed E-state index contributed by atoms with van der Waals surface area (Å²) in [5.74, 6) is -0.783. The molecule has 4 aromatic carbocycles. The number of amides is 3. The number of anilines is 3. The average Bonchev–Trinajstić information content (AvgIpc) is 3.56. The standard InChI is InChI=1S/C38H40N6O5S/c1-23-19-44(24(2)22-45)38(48)27-9-8-13-31(41-36(47)37-42-30-12-6-7-14-33(30)50-37)34(27)49-32(23)21-43(3)20-25-15-17-26(18-16-25)35(46)40-29-11-5-4-10-28(29)39/h4-18,23-24,32,45H,19-22,39H2,1-3H3,(H,40,46)(H,41,47)/t23-,24-,32+/m1/s1. The van der Waals surface area contributed by atoms with Gasteiger partial charge in [-0.05, 0) is 68.1 Å². The number of nitrogens with zero attached hydrogens (tertiary/aromatic N) is 3. The Morgan fingerprint density at radius 2 is 1.70 bits per heavy atom. The predicted octanol–water partition coefficient (Wildman–Crippen LogP) is 5.74. The fraction of sp³-hybridized carbons (Fsp3) is 0.263. The number of rotatable bonds is 10. The molecule has 12 heteroatoms. The van der Waals surface area contributed by atoms with Crippen LogP contribution in [-0.4, -0.2) is 76.5 Å². The number of thiazole rings is 1. The molecule has 0 radical (unpaired) electrons. The van der Waals surface area contributed by atoms with Gasteiger partial charge < -0.3 is 31.1 Å². The first-order chi connectivity index (χ1) is 24.1. The molecule has 5 aromatic rings. The van der Waals surface area contributed by atoms with Gasteiger partial charge in [-0.15, -0.1) is 11.3 Å². The summed E-state index contributed by atoms with van der Waals surface area (Å²) in [4.78, 5) is 48.4. The molecule has 3 atom stereocenters. The molecule has 11 nitrogen and oxygen atoms in total. The Morgan fingerprint density at radius 3 is 2.44 bits per heavy atom. The number of hydrogen-bond donors (Lipinski definition) is 4. The molecule has 0 spiro atoms. The number of benzene rings is 4. The number of nitrogens with one attached hydrogen (secondary N) is 2. The summed E-state index contributed by atoms with van der Waals surface area (Å²) < 4.78 is 7.58. The zero-order chi connectivity index (χ0) is 35.4. The number of nitrogen functional groups attached to an aromatic ring is 1. The molecule has 0 bridgehead atoms. The van der Waals surface area contributed by atoms with Crippen LogP contribution in [0.3, 0.4) is 0 Å². The van der Waals surface area contributed by atoms with E-state index >= 15 is 0 Å². The van der Waals surface area contributed by atoms with Gasteiger partial charge >= 0.3 is 0 Å². The van der Waals surface area contributed by atoms with E-state index in [1.165, 1.54) is 11.3 Å². The quantitative estimate of drug-likeness (QED) is 0.136. The van der Waals surface area contributed by atoms with Crippen molar-refractivity contribution < 1.29 is 24.2 Å². The van der Waals surface area contributed by atoms with Crippen molar-refractivity contribution in [2.75, 3.05) is 43.1 Å². The van der Waals surface area contributed by atoms with Crippen molar-refractivity contribution in [1.29, 1.82) is 0 Å². The van der Waals surface area contributed by atoms with Crippen LogP contribution in [0.1, 0.15) is 49.9 Å². The molecular formula is C38H40N6O5S. The molecule has 0 aliphatic carbocycles. The average molecular weight is 693 g/mol. The monoisotopic (exact) mass is 692 g/mol. The number of fused-ring (bicyclic) bond motifs is 2. The van der Waals surface area contributed by atoms with Crippen LogP contribution in [0.5, 0.6) is 5.75 Å². The minimum absolute atomic E-state index is 0.131. The van der Waals surface area contributed by atoms with E-state index in [4.69, 9.17) is 10.5 Å². The van der Waals surface area contributed by atoms with E-state index in [-0.39, 0.29) is 36.2 Å². The molecule has 50 heavy (non-hydrogen) atoms.